The summed E-state index contributed by atoms with van der Waals surface area (Å²) in [6.45, 7) is 2.64. The minimum atomic E-state index is 0.572. The molecule has 0 saturated heterocycles. The summed E-state index contributed by atoms with van der Waals surface area (Å²) in [6.07, 6.45) is 3.71. The van der Waals surface area contributed by atoms with E-state index in [1.807, 2.05) is 47.3 Å². The van der Waals surface area contributed by atoms with Crippen LogP contribution in [-0.4, -0.2) is 9.78 Å². The van der Waals surface area contributed by atoms with Gasteiger partial charge in [0, 0.05) is 18.5 Å². The molecule has 3 nitrogen and oxygen atoms in total. The van der Waals surface area contributed by atoms with Crippen molar-refractivity contribution in [3.8, 4) is 11.4 Å². The molecular weight excluding hydrogens is 248 g/mol. The summed E-state index contributed by atoms with van der Waals surface area (Å²) in [5, 5.41) is 4.27. The van der Waals surface area contributed by atoms with Crippen LogP contribution in [0.2, 0.25) is 0 Å². The molecule has 0 aliphatic carbocycles. The summed E-state index contributed by atoms with van der Waals surface area (Å²) in [4.78, 5) is 0. The summed E-state index contributed by atoms with van der Waals surface area (Å²) in [7, 11) is 0. The number of rotatable bonds is 4. The second-order valence-corrected chi connectivity index (χ2v) is 4.67. The van der Waals surface area contributed by atoms with Crippen LogP contribution in [0.3, 0.4) is 0 Å². The molecule has 0 fully saturated rings. The highest BCUT2D eigenvalue weighted by Crippen LogP contribution is 2.21. The molecule has 0 aliphatic heterocycles. The summed E-state index contributed by atoms with van der Waals surface area (Å²) >= 11 is 0. The SMILES string of the molecule is Cc1ccc(OCc2ccccc2)cc1-n1cccn1. The molecule has 3 heteroatoms. The fourth-order valence-electron chi connectivity index (χ4n) is 2.08. The third-order valence-electron chi connectivity index (χ3n) is 3.18. The van der Waals surface area contributed by atoms with E-state index in [4.69, 9.17) is 4.74 Å². The van der Waals surface area contributed by atoms with Gasteiger partial charge in [0.1, 0.15) is 12.4 Å². The highest BCUT2D eigenvalue weighted by molar-refractivity contribution is 5.45. The van der Waals surface area contributed by atoms with Gasteiger partial charge in [-0.3, -0.25) is 0 Å². The number of benzene rings is 2. The van der Waals surface area contributed by atoms with Crippen LogP contribution in [0.4, 0.5) is 0 Å². The first-order chi connectivity index (χ1) is 9.83. The molecule has 0 bridgehead atoms. The standard InChI is InChI=1S/C17H16N2O/c1-14-8-9-16(12-17(14)19-11-5-10-18-19)20-13-15-6-3-2-4-7-15/h2-12H,13H2,1H3. The number of ether oxygens (including phenoxy) is 1. The molecule has 0 radical (unpaired) electrons. The van der Waals surface area contributed by atoms with Crippen LogP contribution in [0.5, 0.6) is 5.75 Å². The Bertz CT molecular complexity index is 675. The van der Waals surface area contributed by atoms with E-state index in [-0.39, 0.29) is 0 Å². The van der Waals surface area contributed by atoms with Crippen molar-refractivity contribution in [2.45, 2.75) is 13.5 Å². The van der Waals surface area contributed by atoms with E-state index < -0.39 is 0 Å². The maximum atomic E-state index is 5.84. The maximum Gasteiger partial charge on any atom is 0.121 e. The summed E-state index contributed by atoms with van der Waals surface area (Å²) in [6, 6.07) is 18.1. The molecule has 0 atom stereocenters. The molecule has 2 aromatic carbocycles. The van der Waals surface area contributed by atoms with Gasteiger partial charge in [0.15, 0.2) is 0 Å². The molecule has 0 spiro atoms. The molecule has 0 amide bonds. The molecule has 3 aromatic rings. The zero-order valence-corrected chi connectivity index (χ0v) is 11.4. The largest absolute Gasteiger partial charge is 0.489 e. The number of nitrogens with zero attached hydrogens (tertiary/aromatic N) is 2. The maximum absolute atomic E-state index is 5.84. The van der Waals surface area contributed by atoms with E-state index in [9.17, 15) is 0 Å². The van der Waals surface area contributed by atoms with Gasteiger partial charge in [0.2, 0.25) is 0 Å². The quantitative estimate of drug-likeness (QED) is 0.717. The first-order valence-electron chi connectivity index (χ1n) is 6.60. The zero-order chi connectivity index (χ0) is 13.8. The van der Waals surface area contributed by atoms with E-state index in [1.54, 1.807) is 6.20 Å². The van der Waals surface area contributed by atoms with Crippen molar-refractivity contribution in [1.82, 2.24) is 9.78 Å². The van der Waals surface area contributed by atoms with Crippen LogP contribution in [0.1, 0.15) is 11.1 Å². The van der Waals surface area contributed by atoms with Crippen LogP contribution in [-0.2, 0) is 6.61 Å². The lowest BCUT2D eigenvalue weighted by Gasteiger charge is -2.10. The molecule has 100 valence electrons. The second kappa shape index (κ2) is 5.61. The Morgan fingerprint density at radius 1 is 1.05 bits per heavy atom. The van der Waals surface area contributed by atoms with E-state index >= 15 is 0 Å². The van der Waals surface area contributed by atoms with Crippen molar-refractivity contribution in [3.05, 3.63) is 78.1 Å². The van der Waals surface area contributed by atoms with Crippen LogP contribution in [0.25, 0.3) is 5.69 Å². The monoisotopic (exact) mass is 264 g/mol. The van der Waals surface area contributed by atoms with Crippen molar-refractivity contribution in [3.63, 3.8) is 0 Å². The Morgan fingerprint density at radius 2 is 1.90 bits per heavy atom. The molecule has 1 aromatic heterocycles. The van der Waals surface area contributed by atoms with Crippen LogP contribution >= 0.6 is 0 Å². The van der Waals surface area contributed by atoms with Crippen LogP contribution in [0, 0.1) is 6.92 Å². The molecule has 0 unspecified atom stereocenters. The predicted octanol–water partition coefficient (Wildman–Crippen LogP) is 3.76. The normalized spacial score (nSPS) is 10.4. The highest BCUT2D eigenvalue weighted by Gasteiger charge is 2.04. The summed E-state index contributed by atoms with van der Waals surface area (Å²) in [5.74, 6) is 0.852. The number of aryl methyl sites for hydroxylation is 1. The van der Waals surface area contributed by atoms with Crippen LogP contribution < -0.4 is 4.74 Å². The highest BCUT2D eigenvalue weighted by atomic mass is 16.5. The van der Waals surface area contributed by atoms with Gasteiger partial charge in [-0.2, -0.15) is 5.10 Å². The van der Waals surface area contributed by atoms with Crippen molar-refractivity contribution in [2.24, 2.45) is 0 Å². The minimum absolute atomic E-state index is 0.572. The van der Waals surface area contributed by atoms with Gasteiger partial charge in [-0.05, 0) is 30.2 Å². The topological polar surface area (TPSA) is 27.1 Å². The van der Waals surface area contributed by atoms with Crippen molar-refractivity contribution < 1.29 is 4.74 Å². The van der Waals surface area contributed by atoms with Crippen LogP contribution in [0.15, 0.2) is 67.0 Å². The van der Waals surface area contributed by atoms with Gasteiger partial charge >= 0.3 is 0 Å². The van der Waals surface area contributed by atoms with Gasteiger partial charge in [-0.25, -0.2) is 4.68 Å². The lowest BCUT2D eigenvalue weighted by atomic mass is 10.2. The zero-order valence-electron chi connectivity index (χ0n) is 11.4. The van der Waals surface area contributed by atoms with Crippen molar-refractivity contribution in [2.75, 3.05) is 0 Å². The number of hydrogen-bond acceptors (Lipinski definition) is 2. The third-order valence-corrected chi connectivity index (χ3v) is 3.18. The fourth-order valence-corrected chi connectivity index (χ4v) is 2.08. The van der Waals surface area contributed by atoms with Gasteiger partial charge in [-0.15, -0.1) is 0 Å². The lowest BCUT2D eigenvalue weighted by molar-refractivity contribution is 0.306. The minimum Gasteiger partial charge on any atom is -0.489 e. The summed E-state index contributed by atoms with van der Waals surface area (Å²) in [5.41, 5.74) is 3.37. The predicted molar refractivity (Wildman–Crippen MR) is 79.1 cm³/mol. The number of hydrogen-bond donors (Lipinski definition) is 0. The Labute approximate surface area is 118 Å². The first-order valence-corrected chi connectivity index (χ1v) is 6.60. The molecule has 3 rings (SSSR count). The van der Waals surface area contributed by atoms with Crippen molar-refractivity contribution >= 4 is 0 Å². The van der Waals surface area contributed by atoms with E-state index in [2.05, 4.69) is 30.2 Å². The molecular formula is C17H16N2O. The summed E-state index contributed by atoms with van der Waals surface area (Å²) < 4.78 is 7.70. The molecule has 0 saturated carbocycles. The molecule has 0 N–H and O–H groups in total. The van der Waals surface area contributed by atoms with Gasteiger partial charge in [0.25, 0.3) is 0 Å². The average Bonchev–Trinajstić information content (AvgIpc) is 3.01. The van der Waals surface area contributed by atoms with E-state index in [0.717, 1.165) is 17.0 Å². The smallest absolute Gasteiger partial charge is 0.121 e. The van der Waals surface area contributed by atoms with E-state index in [1.165, 1.54) is 5.56 Å². The first kappa shape index (κ1) is 12.5. The van der Waals surface area contributed by atoms with Gasteiger partial charge in [0.05, 0.1) is 5.69 Å². The fraction of sp³-hybridized carbons (Fsp3) is 0.118. The van der Waals surface area contributed by atoms with Gasteiger partial charge < -0.3 is 4.74 Å². The third kappa shape index (κ3) is 2.72. The molecule has 0 aliphatic rings. The lowest BCUT2D eigenvalue weighted by Crippen LogP contribution is -2.00. The Hall–Kier alpha value is -2.55. The van der Waals surface area contributed by atoms with E-state index in [0.29, 0.717) is 6.61 Å². The van der Waals surface area contributed by atoms with Crippen molar-refractivity contribution in [1.29, 1.82) is 0 Å². The molecule has 20 heavy (non-hydrogen) atoms. The average molecular weight is 264 g/mol. The Balaban J connectivity index is 1.79. The van der Waals surface area contributed by atoms with Gasteiger partial charge in [-0.1, -0.05) is 36.4 Å². The molecule has 1 heterocycles. The number of aromatic nitrogens is 2. The Morgan fingerprint density at radius 3 is 2.65 bits per heavy atom. The Kier molecular flexibility index (Phi) is 3.50. The second-order valence-electron chi connectivity index (χ2n) is 4.67.